The minimum atomic E-state index is -0.581. The first-order chi connectivity index (χ1) is 15.5. The minimum Gasteiger partial charge on any atom is -0.394 e. The molecule has 0 unspecified atom stereocenters. The van der Waals surface area contributed by atoms with E-state index in [9.17, 15) is 14.7 Å². The molecule has 1 aromatic carbocycles. The molecular weight excluding hydrogens is 406 g/mol. The Morgan fingerprint density at radius 2 is 1.69 bits per heavy atom. The molecule has 0 aromatic heterocycles. The number of nitrogens with one attached hydrogen (secondary N) is 1. The molecule has 2 rings (SSSR count). The molecule has 0 saturated carbocycles. The van der Waals surface area contributed by atoms with E-state index in [1.807, 2.05) is 24.3 Å². The molecule has 1 amide bonds. The summed E-state index contributed by atoms with van der Waals surface area (Å²) in [5.41, 5.74) is 1.22. The maximum atomic E-state index is 12.3. The van der Waals surface area contributed by atoms with Crippen molar-refractivity contribution in [3.8, 4) is 0 Å². The lowest BCUT2D eigenvalue weighted by molar-refractivity contribution is -0.122. The summed E-state index contributed by atoms with van der Waals surface area (Å²) in [6, 6.07) is 9.56. The predicted octanol–water partition coefficient (Wildman–Crippen LogP) is 2.94. The molecule has 0 aliphatic heterocycles. The molecule has 1 aromatic rings. The van der Waals surface area contributed by atoms with E-state index < -0.39 is 6.04 Å². The normalized spacial score (nSPS) is 18.9. The summed E-state index contributed by atoms with van der Waals surface area (Å²) in [7, 11) is 0. The first kappa shape index (κ1) is 26.2. The Morgan fingerprint density at radius 3 is 2.41 bits per heavy atom. The fourth-order valence-corrected chi connectivity index (χ4v) is 4.30. The van der Waals surface area contributed by atoms with E-state index in [-0.39, 0.29) is 42.8 Å². The summed E-state index contributed by atoms with van der Waals surface area (Å²) < 4.78 is 0. The molecule has 1 aliphatic rings. The lowest BCUT2D eigenvalue weighted by Gasteiger charge is -2.20. The number of ketones is 1. The van der Waals surface area contributed by atoms with Gasteiger partial charge < -0.3 is 20.6 Å². The molecular formula is C26H39NO5. The molecule has 0 saturated heterocycles. The van der Waals surface area contributed by atoms with Crippen LogP contribution < -0.4 is 5.32 Å². The van der Waals surface area contributed by atoms with Gasteiger partial charge in [0.15, 0.2) is 5.78 Å². The van der Waals surface area contributed by atoms with Crippen molar-refractivity contribution < 1.29 is 24.9 Å². The van der Waals surface area contributed by atoms with Crippen molar-refractivity contribution in [2.24, 2.45) is 11.8 Å². The van der Waals surface area contributed by atoms with E-state index in [1.165, 1.54) is 5.56 Å². The molecule has 6 heteroatoms. The van der Waals surface area contributed by atoms with Crippen LogP contribution in [-0.2, 0) is 16.0 Å². The van der Waals surface area contributed by atoms with E-state index >= 15 is 0 Å². The van der Waals surface area contributed by atoms with Crippen LogP contribution >= 0.6 is 0 Å². The summed E-state index contributed by atoms with van der Waals surface area (Å²) in [4.78, 5) is 24.0. The van der Waals surface area contributed by atoms with Crippen LogP contribution in [0.15, 0.2) is 42.5 Å². The third kappa shape index (κ3) is 9.63. The Balaban J connectivity index is 1.59. The summed E-state index contributed by atoms with van der Waals surface area (Å²) in [5, 5.41) is 30.9. The number of aliphatic hydroxyl groups is 3. The van der Waals surface area contributed by atoms with Gasteiger partial charge in [-0.2, -0.15) is 0 Å². The molecule has 0 fully saturated rings. The number of carbonyl (C=O) groups excluding carboxylic acids is 2. The van der Waals surface area contributed by atoms with Crippen molar-refractivity contribution in [1.29, 1.82) is 0 Å². The number of allylic oxidation sites excluding steroid dienone is 2. The van der Waals surface area contributed by atoms with E-state index in [1.54, 1.807) is 6.08 Å². The highest BCUT2D eigenvalue weighted by Gasteiger charge is 2.29. The quantitative estimate of drug-likeness (QED) is 0.293. The van der Waals surface area contributed by atoms with Crippen LogP contribution in [0.1, 0.15) is 63.4 Å². The molecule has 32 heavy (non-hydrogen) atoms. The van der Waals surface area contributed by atoms with Gasteiger partial charge in [0.25, 0.3) is 0 Å². The second-order valence-electron chi connectivity index (χ2n) is 8.87. The number of rotatable bonds is 16. The average molecular weight is 446 g/mol. The van der Waals surface area contributed by atoms with Gasteiger partial charge in [0, 0.05) is 12.3 Å². The topological polar surface area (TPSA) is 107 Å². The maximum absolute atomic E-state index is 12.3. The lowest BCUT2D eigenvalue weighted by atomic mass is 9.85. The van der Waals surface area contributed by atoms with Crippen molar-refractivity contribution in [1.82, 2.24) is 5.32 Å². The second kappa shape index (κ2) is 14.9. The Hall–Kier alpha value is -2.02. The number of carbonyl (C=O) groups is 2. The summed E-state index contributed by atoms with van der Waals surface area (Å²) in [5.74, 6) is 0.278. The lowest BCUT2D eigenvalue weighted by Crippen LogP contribution is -2.39. The number of benzene rings is 1. The van der Waals surface area contributed by atoms with E-state index in [0.29, 0.717) is 19.3 Å². The second-order valence-corrected chi connectivity index (χ2v) is 8.87. The van der Waals surface area contributed by atoms with Gasteiger partial charge in [0.1, 0.15) is 0 Å². The zero-order chi connectivity index (χ0) is 23.2. The van der Waals surface area contributed by atoms with Gasteiger partial charge in [-0.25, -0.2) is 0 Å². The van der Waals surface area contributed by atoms with Crippen LogP contribution in [0.5, 0.6) is 0 Å². The highest BCUT2D eigenvalue weighted by atomic mass is 16.3. The smallest absolute Gasteiger partial charge is 0.220 e. The fourth-order valence-electron chi connectivity index (χ4n) is 4.30. The summed E-state index contributed by atoms with van der Waals surface area (Å²) >= 11 is 0. The third-order valence-corrected chi connectivity index (χ3v) is 6.31. The number of amides is 1. The summed E-state index contributed by atoms with van der Waals surface area (Å²) in [6.07, 6.45) is 11.3. The van der Waals surface area contributed by atoms with Gasteiger partial charge in [0.05, 0.1) is 25.4 Å². The van der Waals surface area contributed by atoms with Crippen molar-refractivity contribution >= 4 is 11.7 Å². The van der Waals surface area contributed by atoms with E-state index in [2.05, 4.69) is 17.4 Å². The molecule has 178 valence electrons. The van der Waals surface area contributed by atoms with Crippen LogP contribution in [-0.4, -0.2) is 52.4 Å². The zero-order valence-electron chi connectivity index (χ0n) is 19.0. The van der Waals surface area contributed by atoms with E-state index in [4.69, 9.17) is 10.2 Å². The van der Waals surface area contributed by atoms with Crippen LogP contribution in [0, 0.1) is 11.8 Å². The Kier molecular flexibility index (Phi) is 12.2. The van der Waals surface area contributed by atoms with Crippen molar-refractivity contribution in [3.63, 3.8) is 0 Å². The van der Waals surface area contributed by atoms with Crippen molar-refractivity contribution in [2.45, 2.75) is 76.4 Å². The number of hydrogen-bond donors (Lipinski definition) is 4. The van der Waals surface area contributed by atoms with Crippen LogP contribution in [0.2, 0.25) is 0 Å². The highest BCUT2D eigenvalue weighted by Crippen LogP contribution is 2.31. The van der Waals surface area contributed by atoms with Gasteiger partial charge in [0.2, 0.25) is 5.91 Å². The van der Waals surface area contributed by atoms with E-state index in [0.717, 1.165) is 44.9 Å². The van der Waals surface area contributed by atoms with Gasteiger partial charge >= 0.3 is 0 Å². The maximum Gasteiger partial charge on any atom is 0.220 e. The van der Waals surface area contributed by atoms with Crippen LogP contribution in [0.4, 0.5) is 0 Å². The summed E-state index contributed by atoms with van der Waals surface area (Å²) in [6.45, 7) is -0.526. The molecule has 0 radical (unpaired) electrons. The first-order valence-electron chi connectivity index (χ1n) is 12.0. The average Bonchev–Trinajstić information content (AvgIpc) is 3.16. The Bertz CT molecular complexity index is 701. The molecule has 0 bridgehead atoms. The largest absolute Gasteiger partial charge is 0.394 e. The number of unbranched alkanes of at least 4 members (excludes halogenated alkanes) is 3. The van der Waals surface area contributed by atoms with Gasteiger partial charge in [-0.3, -0.25) is 9.59 Å². The SMILES string of the molecule is O=C(CCCCCC[C@H]1C=CC(=O)[C@@H]1CC[C@@H](O)CCc1ccccc1)NC(CO)CO. The monoisotopic (exact) mass is 445 g/mol. The molecule has 4 N–H and O–H groups in total. The molecule has 1 aliphatic carbocycles. The fraction of sp³-hybridized carbons (Fsp3) is 0.615. The van der Waals surface area contributed by atoms with Crippen molar-refractivity contribution in [3.05, 3.63) is 48.0 Å². The standard InChI is InChI=1S/C26H39NO5/c28-18-22(19-29)27-26(32)11-7-2-1-6-10-21-13-17-25(31)24(21)16-15-23(30)14-12-20-8-4-3-5-9-20/h3-5,8-9,13,17,21-24,28-30H,1-2,6-7,10-12,14-16,18-19H2,(H,27,32)/t21-,23-,24+/m0/s1. The van der Waals surface area contributed by atoms with Crippen LogP contribution in [0.3, 0.4) is 0 Å². The molecule has 6 nitrogen and oxygen atoms in total. The predicted molar refractivity (Wildman–Crippen MR) is 125 cm³/mol. The highest BCUT2D eigenvalue weighted by molar-refractivity contribution is 5.94. The van der Waals surface area contributed by atoms with Crippen LogP contribution in [0.25, 0.3) is 0 Å². The Labute approximate surface area is 191 Å². The Morgan fingerprint density at radius 1 is 0.969 bits per heavy atom. The van der Waals surface area contributed by atoms with Gasteiger partial charge in [-0.05, 0) is 56.1 Å². The molecule has 3 atom stereocenters. The molecule has 0 heterocycles. The third-order valence-electron chi connectivity index (χ3n) is 6.31. The van der Waals surface area contributed by atoms with Gasteiger partial charge in [-0.15, -0.1) is 0 Å². The number of aryl methyl sites for hydroxylation is 1. The van der Waals surface area contributed by atoms with Gasteiger partial charge in [-0.1, -0.05) is 55.7 Å². The number of hydrogen-bond acceptors (Lipinski definition) is 5. The van der Waals surface area contributed by atoms with Crippen molar-refractivity contribution in [2.75, 3.05) is 13.2 Å². The first-order valence-corrected chi connectivity index (χ1v) is 12.0. The molecule has 0 spiro atoms. The minimum absolute atomic E-state index is 0.0129. The number of aliphatic hydroxyl groups excluding tert-OH is 3. The zero-order valence-corrected chi connectivity index (χ0v) is 19.0.